The van der Waals surface area contributed by atoms with Crippen LogP contribution in [-0.4, -0.2) is 45.6 Å². The molecule has 1 aliphatic carbocycles. The molecule has 0 saturated heterocycles. The highest BCUT2D eigenvalue weighted by Crippen LogP contribution is 2.34. The molecule has 2 aromatic rings. The van der Waals surface area contributed by atoms with Crippen LogP contribution in [0.25, 0.3) is 0 Å². The van der Waals surface area contributed by atoms with E-state index in [-0.39, 0.29) is 23.6 Å². The molecule has 32 heavy (non-hydrogen) atoms. The van der Waals surface area contributed by atoms with Gasteiger partial charge in [-0.1, -0.05) is 73.5 Å². The molecule has 2 amide bonds. The monoisotopic (exact) mass is 446 g/mol. The van der Waals surface area contributed by atoms with Crippen LogP contribution < -0.4 is 5.32 Å². The first kappa shape index (κ1) is 20.9. The number of thioether (sulfide) groups is 1. The number of aliphatic imine (C=N–C) groups is 2. The fraction of sp³-hybridized carbons (Fsp3) is 0.360. The van der Waals surface area contributed by atoms with Gasteiger partial charge < -0.3 is 5.32 Å². The predicted molar refractivity (Wildman–Crippen MR) is 128 cm³/mol. The van der Waals surface area contributed by atoms with Crippen molar-refractivity contribution in [2.45, 2.75) is 50.6 Å². The quantitative estimate of drug-likeness (QED) is 0.752. The molecule has 0 spiro atoms. The van der Waals surface area contributed by atoms with Crippen LogP contribution in [-0.2, 0) is 16.0 Å². The van der Waals surface area contributed by atoms with E-state index in [1.165, 1.54) is 31.0 Å². The van der Waals surface area contributed by atoms with Gasteiger partial charge in [0.1, 0.15) is 11.9 Å². The highest BCUT2D eigenvalue weighted by atomic mass is 32.2. The van der Waals surface area contributed by atoms with Crippen molar-refractivity contribution in [1.29, 1.82) is 0 Å². The topological polar surface area (TPSA) is 74.1 Å². The van der Waals surface area contributed by atoms with Gasteiger partial charge in [-0.15, -0.1) is 0 Å². The first-order valence-electron chi connectivity index (χ1n) is 11.2. The Morgan fingerprint density at radius 1 is 1.03 bits per heavy atom. The molecule has 0 radical (unpaired) electrons. The molecule has 1 unspecified atom stereocenters. The molecule has 2 aliphatic heterocycles. The van der Waals surface area contributed by atoms with Crippen LogP contribution in [0.15, 0.2) is 64.6 Å². The van der Waals surface area contributed by atoms with Gasteiger partial charge in [-0.2, -0.15) is 0 Å². The Labute approximate surface area is 192 Å². The number of hydrogen-bond acceptors (Lipinski definition) is 5. The Morgan fingerprint density at radius 3 is 2.59 bits per heavy atom. The van der Waals surface area contributed by atoms with Gasteiger partial charge in [-0.05, 0) is 30.5 Å². The summed E-state index contributed by atoms with van der Waals surface area (Å²) >= 11 is 1.31. The number of rotatable bonds is 5. The van der Waals surface area contributed by atoms with Crippen molar-refractivity contribution in [2.75, 3.05) is 5.75 Å². The summed E-state index contributed by atoms with van der Waals surface area (Å²) in [6.07, 6.45) is 6.24. The molecule has 2 aromatic carbocycles. The Bertz CT molecular complexity index is 1080. The zero-order valence-electron chi connectivity index (χ0n) is 17.9. The third kappa shape index (κ3) is 4.35. The number of benzene rings is 2. The van der Waals surface area contributed by atoms with Crippen molar-refractivity contribution < 1.29 is 9.59 Å². The SMILES string of the molecule is O=C(CSC1=Nc2ccccc2C2=NC(Cc3ccccc3)C(=O)N12)NC1CCCCC1. The van der Waals surface area contributed by atoms with Crippen LogP contribution in [0, 0.1) is 0 Å². The van der Waals surface area contributed by atoms with Gasteiger partial charge in [-0.3, -0.25) is 14.6 Å². The fourth-order valence-corrected chi connectivity index (χ4v) is 5.33. The van der Waals surface area contributed by atoms with Crippen molar-refractivity contribution in [2.24, 2.45) is 9.98 Å². The number of nitrogens with zero attached hydrogens (tertiary/aromatic N) is 3. The van der Waals surface area contributed by atoms with Crippen molar-refractivity contribution in [3.63, 3.8) is 0 Å². The summed E-state index contributed by atoms with van der Waals surface area (Å²) < 4.78 is 0. The number of nitrogens with one attached hydrogen (secondary N) is 1. The third-order valence-corrected chi connectivity index (χ3v) is 7.06. The molecule has 1 saturated carbocycles. The molecule has 1 N–H and O–H groups in total. The minimum atomic E-state index is -0.486. The van der Waals surface area contributed by atoms with E-state index >= 15 is 0 Å². The maximum atomic E-state index is 13.3. The van der Waals surface area contributed by atoms with Gasteiger partial charge in [0.05, 0.1) is 11.4 Å². The van der Waals surface area contributed by atoms with E-state index in [0.717, 1.165) is 29.7 Å². The largest absolute Gasteiger partial charge is 0.353 e. The molecule has 6 nitrogen and oxygen atoms in total. The molecule has 0 bridgehead atoms. The predicted octanol–water partition coefficient (Wildman–Crippen LogP) is 4.07. The van der Waals surface area contributed by atoms with Gasteiger partial charge in [0.2, 0.25) is 5.91 Å². The molecule has 3 aliphatic rings. The molecule has 0 aromatic heterocycles. The van der Waals surface area contributed by atoms with Crippen LogP contribution in [0.1, 0.15) is 43.2 Å². The molecular formula is C25H26N4O2S. The molecule has 7 heteroatoms. The Kier molecular flexibility index (Phi) is 6.08. The number of fused-ring (bicyclic) bond motifs is 3. The Balaban J connectivity index is 1.34. The lowest BCUT2D eigenvalue weighted by molar-refractivity contribution is -0.124. The van der Waals surface area contributed by atoms with Crippen molar-refractivity contribution in [3.8, 4) is 0 Å². The zero-order chi connectivity index (χ0) is 21.9. The van der Waals surface area contributed by atoms with Crippen molar-refractivity contribution in [1.82, 2.24) is 10.2 Å². The average Bonchev–Trinajstić information content (AvgIpc) is 3.15. The maximum absolute atomic E-state index is 13.3. The third-order valence-electron chi connectivity index (χ3n) is 6.12. The zero-order valence-corrected chi connectivity index (χ0v) is 18.7. The van der Waals surface area contributed by atoms with E-state index in [9.17, 15) is 9.59 Å². The molecule has 5 rings (SSSR count). The lowest BCUT2D eigenvalue weighted by Gasteiger charge is -2.26. The van der Waals surface area contributed by atoms with Crippen molar-refractivity contribution >= 4 is 40.3 Å². The summed E-state index contributed by atoms with van der Waals surface area (Å²) in [5.74, 6) is 0.779. The van der Waals surface area contributed by atoms with E-state index in [2.05, 4.69) is 5.32 Å². The van der Waals surface area contributed by atoms with Crippen LogP contribution >= 0.6 is 11.8 Å². The van der Waals surface area contributed by atoms with Gasteiger partial charge in [0.15, 0.2) is 5.17 Å². The number of amidine groups is 2. The summed E-state index contributed by atoms with van der Waals surface area (Å²) in [5, 5.41) is 3.67. The molecule has 1 atom stereocenters. The van der Waals surface area contributed by atoms with Gasteiger partial charge in [0, 0.05) is 18.0 Å². The van der Waals surface area contributed by atoms with Crippen LogP contribution in [0.2, 0.25) is 0 Å². The van der Waals surface area contributed by atoms with Gasteiger partial charge in [0.25, 0.3) is 5.91 Å². The summed E-state index contributed by atoms with van der Waals surface area (Å²) in [6.45, 7) is 0. The van der Waals surface area contributed by atoms with E-state index in [4.69, 9.17) is 9.98 Å². The van der Waals surface area contributed by atoms with Crippen LogP contribution in [0.4, 0.5) is 5.69 Å². The molecule has 2 heterocycles. The maximum Gasteiger partial charge on any atom is 0.259 e. The highest BCUT2D eigenvalue weighted by Gasteiger charge is 2.41. The summed E-state index contributed by atoms with van der Waals surface area (Å²) in [7, 11) is 0. The van der Waals surface area contributed by atoms with Crippen LogP contribution in [0.5, 0.6) is 0 Å². The number of carbonyl (C=O) groups is 2. The second kappa shape index (κ2) is 9.28. The lowest BCUT2D eigenvalue weighted by atomic mass is 9.95. The van der Waals surface area contributed by atoms with Gasteiger partial charge in [-0.25, -0.2) is 9.89 Å². The smallest absolute Gasteiger partial charge is 0.259 e. The first-order valence-corrected chi connectivity index (χ1v) is 12.2. The van der Waals surface area contributed by atoms with E-state index < -0.39 is 6.04 Å². The highest BCUT2D eigenvalue weighted by molar-refractivity contribution is 8.14. The second-order valence-electron chi connectivity index (χ2n) is 8.43. The van der Waals surface area contributed by atoms with Crippen molar-refractivity contribution in [3.05, 3.63) is 65.7 Å². The van der Waals surface area contributed by atoms with E-state index in [1.54, 1.807) is 4.90 Å². The molecule has 1 fully saturated rings. The average molecular weight is 447 g/mol. The summed E-state index contributed by atoms with van der Waals surface area (Å²) in [4.78, 5) is 37.0. The molecule has 164 valence electrons. The number of hydrogen-bond donors (Lipinski definition) is 1. The number of para-hydroxylation sites is 1. The Hall–Kier alpha value is -2.93. The summed E-state index contributed by atoms with van der Waals surface area (Å²) in [6, 6.07) is 17.4. The van der Waals surface area contributed by atoms with Crippen LogP contribution in [0.3, 0.4) is 0 Å². The standard InChI is InChI=1S/C25H26N4O2S/c30-22(26-18-11-5-2-6-12-18)16-32-25-28-20-14-8-7-13-19(20)23-27-21(24(31)29(23)25)15-17-9-3-1-4-10-17/h1,3-4,7-10,13-14,18,21H,2,5-6,11-12,15-16H2,(H,26,30). The lowest BCUT2D eigenvalue weighted by Crippen LogP contribution is -2.42. The minimum Gasteiger partial charge on any atom is -0.353 e. The minimum absolute atomic E-state index is 0.00516. The molecular weight excluding hydrogens is 420 g/mol. The second-order valence-corrected chi connectivity index (χ2v) is 9.38. The van der Waals surface area contributed by atoms with E-state index in [0.29, 0.717) is 17.4 Å². The van der Waals surface area contributed by atoms with Gasteiger partial charge >= 0.3 is 0 Å². The number of carbonyl (C=O) groups excluding carboxylic acids is 2. The first-order chi connectivity index (χ1) is 15.7. The van der Waals surface area contributed by atoms with E-state index in [1.807, 2.05) is 54.6 Å². The number of amides is 2. The Morgan fingerprint density at radius 2 is 1.78 bits per heavy atom. The normalized spacial score (nSPS) is 20.3. The summed E-state index contributed by atoms with van der Waals surface area (Å²) in [5.41, 5.74) is 2.71. The fourth-order valence-electron chi connectivity index (χ4n) is 4.52.